The first-order chi connectivity index (χ1) is 18.8. The van der Waals surface area contributed by atoms with E-state index >= 15 is 0 Å². The molecule has 2 aromatic heterocycles. The van der Waals surface area contributed by atoms with Gasteiger partial charge in [0.05, 0.1) is 36.1 Å². The second kappa shape index (κ2) is 14.3. The van der Waals surface area contributed by atoms with Crippen LogP contribution in [0, 0.1) is 5.41 Å². The van der Waals surface area contributed by atoms with Crippen LogP contribution in [0.4, 0.5) is 11.5 Å². The summed E-state index contributed by atoms with van der Waals surface area (Å²) in [4.78, 5) is 14.2. The van der Waals surface area contributed by atoms with Crippen molar-refractivity contribution in [2.45, 2.75) is 34.2 Å². The number of ether oxygens (including phenoxy) is 2. The van der Waals surface area contributed by atoms with E-state index in [1.807, 2.05) is 60.2 Å². The zero-order valence-corrected chi connectivity index (χ0v) is 24.6. The Morgan fingerprint density at radius 2 is 1.93 bits per heavy atom. The molecule has 0 saturated heterocycles. The lowest BCUT2D eigenvalue weighted by molar-refractivity contribution is 0.0875. The third-order valence-corrected chi connectivity index (χ3v) is 6.08. The lowest BCUT2D eigenvalue weighted by Gasteiger charge is -2.21. The van der Waals surface area contributed by atoms with Gasteiger partial charge in [-0.25, -0.2) is 9.97 Å². The minimum absolute atomic E-state index is 0. The molecule has 0 radical (unpaired) electrons. The molecule has 4 rings (SSSR count). The van der Waals surface area contributed by atoms with Crippen molar-refractivity contribution in [3.05, 3.63) is 71.6 Å². The zero-order chi connectivity index (χ0) is 27.8. The molecule has 0 aliphatic carbocycles. The van der Waals surface area contributed by atoms with Crippen LogP contribution in [-0.2, 0) is 16.1 Å². The Morgan fingerprint density at radius 1 is 1.10 bits per heavy atom. The van der Waals surface area contributed by atoms with Crippen molar-refractivity contribution in [1.82, 2.24) is 14.5 Å². The molecule has 0 aliphatic heterocycles. The van der Waals surface area contributed by atoms with E-state index in [0.717, 1.165) is 28.0 Å². The predicted molar refractivity (Wildman–Crippen MR) is 162 cm³/mol. The van der Waals surface area contributed by atoms with Crippen LogP contribution in [-0.4, -0.2) is 51.8 Å². The van der Waals surface area contributed by atoms with Crippen LogP contribution < -0.4 is 10.1 Å². The molecule has 0 amide bonds. The quantitative estimate of drug-likeness (QED) is 0.106. The van der Waals surface area contributed by atoms with Crippen LogP contribution in [0.3, 0.4) is 0 Å². The average Bonchev–Trinajstić information content (AvgIpc) is 3.32. The highest BCUT2D eigenvalue weighted by atomic mass is 35.5. The van der Waals surface area contributed by atoms with Gasteiger partial charge in [-0.2, -0.15) is 0 Å². The second-order valence-electron chi connectivity index (χ2n) is 9.81. The molecule has 11 heteroatoms. The highest BCUT2D eigenvalue weighted by molar-refractivity contribution is 6.32. The van der Waals surface area contributed by atoms with Gasteiger partial charge in [0.1, 0.15) is 29.9 Å². The third-order valence-electron chi connectivity index (χ3n) is 5.79. The predicted octanol–water partition coefficient (Wildman–Crippen LogP) is 6.84. The fourth-order valence-corrected chi connectivity index (χ4v) is 4.24. The van der Waals surface area contributed by atoms with Crippen molar-refractivity contribution in [1.29, 1.82) is 0 Å². The maximum Gasteiger partial charge on any atom is 0.158 e. The van der Waals surface area contributed by atoms with Crippen molar-refractivity contribution in [3.63, 3.8) is 0 Å². The van der Waals surface area contributed by atoms with E-state index in [4.69, 9.17) is 31.0 Å². The number of nitrogens with one attached hydrogen (secondary N) is 1. The molecule has 0 unspecified atom stereocenters. The van der Waals surface area contributed by atoms with Gasteiger partial charge in [0, 0.05) is 29.4 Å². The van der Waals surface area contributed by atoms with Gasteiger partial charge in [0.2, 0.25) is 0 Å². The fraction of sp³-hybridized carbons (Fsp3) is 0.345. The Kier molecular flexibility index (Phi) is 11.2. The highest BCUT2D eigenvalue weighted by Gasteiger charge is 2.22. The Morgan fingerprint density at radius 3 is 2.65 bits per heavy atom. The largest absolute Gasteiger partial charge is 0.456 e. The van der Waals surface area contributed by atoms with Crippen LogP contribution in [0.1, 0.15) is 33.3 Å². The summed E-state index contributed by atoms with van der Waals surface area (Å²) in [7, 11) is 0. The molecule has 2 N–H and O–H groups in total. The van der Waals surface area contributed by atoms with Gasteiger partial charge < -0.3 is 29.3 Å². The molecule has 40 heavy (non-hydrogen) atoms. The molecule has 0 atom stereocenters. The standard InChI is InChI=1S/C29H34ClN5O4.ClH/c1-5-38-34-27(29(2,3)4)20-7-6-8-22(17-20)39-25-10-9-21(18-23(25)30)33-28-26-24(31-19-32-28)11-12-35(26)13-15-37-16-14-36;/h6-12,17-19,36H,5,13-16H2,1-4H3,(H,31,32,33);1H/b34-27+;. The van der Waals surface area contributed by atoms with Gasteiger partial charge in [-0.1, -0.05) is 49.7 Å². The van der Waals surface area contributed by atoms with Gasteiger partial charge in [-0.05, 0) is 43.3 Å². The van der Waals surface area contributed by atoms with E-state index in [0.29, 0.717) is 48.7 Å². The van der Waals surface area contributed by atoms with E-state index in [1.165, 1.54) is 6.33 Å². The number of fused-ring (bicyclic) bond motifs is 1. The lowest BCUT2D eigenvalue weighted by atomic mass is 9.85. The first-order valence-corrected chi connectivity index (χ1v) is 13.2. The van der Waals surface area contributed by atoms with Crippen LogP contribution in [0.2, 0.25) is 5.02 Å². The summed E-state index contributed by atoms with van der Waals surface area (Å²) in [6.45, 7) is 10.0. The highest BCUT2D eigenvalue weighted by Crippen LogP contribution is 2.34. The first-order valence-electron chi connectivity index (χ1n) is 12.8. The number of hydrogen-bond acceptors (Lipinski definition) is 8. The van der Waals surface area contributed by atoms with Gasteiger partial charge in [-0.3, -0.25) is 0 Å². The molecule has 214 valence electrons. The van der Waals surface area contributed by atoms with Crippen molar-refractivity contribution in [2.75, 3.05) is 31.7 Å². The molecule has 2 heterocycles. The summed E-state index contributed by atoms with van der Waals surface area (Å²) < 4.78 is 13.6. The van der Waals surface area contributed by atoms with Crippen LogP contribution in [0.15, 0.2) is 66.2 Å². The van der Waals surface area contributed by atoms with Crippen molar-refractivity contribution in [3.8, 4) is 11.5 Å². The van der Waals surface area contributed by atoms with E-state index in [2.05, 4.69) is 41.2 Å². The summed E-state index contributed by atoms with van der Waals surface area (Å²) in [5, 5.41) is 17.1. The average molecular weight is 589 g/mol. The van der Waals surface area contributed by atoms with Gasteiger partial charge >= 0.3 is 0 Å². The Hall–Kier alpha value is -3.37. The summed E-state index contributed by atoms with van der Waals surface area (Å²) in [5.41, 5.74) is 3.95. The Labute approximate surface area is 245 Å². The molecule has 4 aromatic rings. The number of aliphatic hydroxyl groups is 1. The van der Waals surface area contributed by atoms with E-state index in [-0.39, 0.29) is 24.4 Å². The van der Waals surface area contributed by atoms with Crippen LogP contribution in [0.25, 0.3) is 11.0 Å². The monoisotopic (exact) mass is 587 g/mol. The number of hydrogen-bond donors (Lipinski definition) is 2. The van der Waals surface area contributed by atoms with Crippen molar-refractivity contribution in [2.24, 2.45) is 10.6 Å². The number of rotatable bonds is 12. The third kappa shape index (κ3) is 7.85. The SMILES string of the molecule is CCO/N=C(\c1cccc(Oc2ccc(Nc3ncnc4ccn(CCOCCO)c34)cc2Cl)c1)C(C)(C)C.Cl. The number of aromatic nitrogens is 3. The van der Waals surface area contributed by atoms with E-state index in [9.17, 15) is 0 Å². The molecule has 0 spiro atoms. The summed E-state index contributed by atoms with van der Waals surface area (Å²) >= 11 is 6.63. The number of aliphatic hydroxyl groups excluding tert-OH is 1. The number of benzene rings is 2. The zero-order valence-electron chi connectivity index (χ0n) is 23.1. The van der Waals surface area contributed by atoms with Crippen molar-refractivity contribution < 1.29 is 19.4 Å². The molecular formula is C29H35Cl2N5O4. The lowest BCUT2D eigenvalue weighted by Crippen LogP contribution is -2.22. The number of nitrogens with zero attached hydrogens (tertiary/aromatic N) is 4. The van der Waals surface area contributed by atoms with Crippen LogP contribution in [0.5, 0.6) is 11.5 Å². The van der Waals surface area contributed by atoms with Gasteiger partial charge in [-0.15, -0.1) is 12.4 Å². The molecule has 0 bridgehead atoms. The van der Waals surface area contributed by atoms with Gasteiger partial charge in [0.25, 0.3) is 0 Å². The summed E-state index contributed by atoms with van der Waals surface area (Å²) in [6.07, 6.45) is 3.46. The van der Waals surface area contributed by atoms with Crippen molar-refractivity contribution >= 4 is 52.3 Å². The number of oxime groups is 1. The number of anilines is 2. The minimum atomic E-state index is -0.211. The maximum atomic E-state index is 8.93. The molecule has 0 aliphatic rings. The number of halogens is 2. The topological polar surface area (TPSA) is 103 Å². The summed E-state index contributed by atoms with van der Waals surface area (Å²) in [5.74, 6) is 1.81. The van der Waals surface area contributed by atoms with E-state index < -0.39 is 0 Å². The molecule has 2 aromatic carbocycles. The fourth-order valence-electron chi connectivity index (χ4n) is 4.02. The Balaban J connectivity index is 0.00000441. The molecule has 0 saturated carbocycles. The van der Waals surface area contributed by atoms with E-state index in [1.54, 1.807) is 6.07 Å². The first kappa shape index (κ1) is 31.2. The van der Waals surface area contributed by atoms with Gasteiger partial charge in [0.15, 0.2) is 5.82 Å². The Bertz CT molecular complexity index is 1440. The normalized spacial score (nSPS) is 11.8. The smallest absolute Gasteiger partial charge is 0.158 e. The molecule has 9 nitrogen and oxygen atoms in total. The minimum Gasteiger partial charge on any atom is -0.456 e. The summed E-state index contributed by atoms with van der Waals surface area (Å²) in [6, 6.07) is 15.1. The molecule has 0 fully saturated rings. The van der Waals surface area contributed by atoms with Crippen LogP contribution >= 0.6 is 24.0 Å². The maximum absolute atomic E-state index is 8.93. The second-order valence-corrected chi connectivity index (χ2v) is 10.2. The molecular weight excluding hydrogens is 553 g/mol.